The maximum atomic E-state index is 12.0. The van der Waals surface area contributed by atoms with Gasteiger partial charge in [0.15, 0.2) is 6.61 Å². The number of nitrogens with one attached hydrogen (secondary N) is 1. The number of hydrogen-bond donors (Lipinski definition) is 1. The molecule has 3 rings (SSSR count). The van der Waals surface area contributed by atoms with E-state index in [1.54, 1.807) is 0 Å². The number of aromatic nitrogens is 2. The Morgan fingerprint density at radius 1 is 1.04 bits per heavy atom. The lowest BCUT2D eigenvalue weighted by Crippen LogP contribution is -2.20. The van der Waals surface area contributed by atoms with Crippen LogP contribution in [0.4, 0.5) is 5.95 Å². The summed E-state index contributed by atoms with van der Waals surface area (Å²) in [4.78, 5) is 16.2. The Balaban J connectivity index is 1.51. The van der Waals surface area contributed by atoms with Crippen molar-refractivity contribution in [1.29, 1.82) is 0 Å². The van der Waals surface area contributed by atoms with Crippen LogP contribution in [-0.4, -0.2) is 29.3 Å². The maximum absolute atomic E-state index is 12.0. The largest absolute Gasteiger partial charge is 0.494 e. The Morgan fingerprint density at radius 2 is 1.71 bits per heavy atom. The van der Waals surface area contributed by atoms with Crippen LogP contribution in [0.2, 0.25) is 0 Å². The summed E-state index contributed by atoms with van der Waals surface area (Å²) in [6.07, 6.45) is 2.10. The molecule has 1 heterocycles. The molecule has 0 aliphatic heterocycles. The van der Waals surface area contributed by atoms with Gasteiger partial charge in [-0.1, -0.05) is 31.0 Å². The molecule has 28 heavy (non-hydrogen) atoms. The van der Waals surface area contributed by atoms with Gasteiger partial charge in [0.05, 0.1) is 6.61 Å². The molecule has 0 saturated carbocycles. The number of hydrogen-bond acceptors (Lipinski definition) is 6. The maximum Gasteiger partial charge on any atom is 0.270 e. The van der Waals surface area contributed by atoms with Crippen LogP contribution in [0, 0.1) is 6.92 Å². The molecule has 146 valence electrons. The number of nitrogens with zero attached hydrogens (tertiary/aromatic N) is 2. The lowest BCUT2D eigenvalue weighted by Gasteiger charge is -2.05. The molecular formula is C21H23N3O4. The van der Waals surface area contributed by atoms with E-state index in [1.807, 2.05) is 55.5 Å². The van der Waals surface area contributed by atoms with Crippen molar-refractivity contribution >= 4 is 11.9 Å². The smallest absolute Gasteiger partial charge is 0.270 e. The van der Waals surface area contributed by atoms with Crippen LogP contribution in [0.25, 0.3) is 11.5 Å². The van der Waals surface area contributed by atoms with E-state index >= 15 is 0 Å². The summed E-state index contributed by atoms with van der Waals surface area (Å²) >= 11 is 0. The molecule has 0 aliphatic rings. The molecule has 0 bridgehead atoms. The number of anilines is 1. The van der Waals surface area contributed by atoms with Crippen LogP contribution in [0.3, 0.4) is 0 Å². The first kappa shape index (κ1) is 19.4. The molecule has 1 N–H and O–H groups in total. The predicted molar refractivity (Wildman–Crippen MR) is 105 cm³/mol. The molecule has 1 aromatic heterocycles. The first-order valence-electron chi connectivity index (χ1n) is 9.20. The van der Waals surface area contributed by atoms with Crippen molar-refractivity contribution in [2.75, 3.05) is 18.5 Å². The van der Waals surface area contributed by atoms with Crippen molar-refractivity contribution in [3.8, 4) is 23.0 Å². The van der Waals surface area contributed by atoms with Crippen molar-refractivity contribution in [1.82, 2.24) is 10.1 Å². The van der Waals surface area contributed by atoms with E-state index in [9.17, 15) is 4.79 Å². The highest BCUT2D eigenvalue weighted by Gasteiger charge is 2.12. The minimum atomic E-state index is -0.368. The number of aryl methyl sites for hydroxylation is 1. The van der Waals surface area contributed by atoms with E-state index in [2.05, 4.69) is 22.4 Å². The van der Waals surface area contributed by atoms with Crippen molar-refractivity contribution in [2.24, 2.45) is 0 Å². The number of amides is 1. The summed E-state index contributed by atoms with van der Waals surface area (Å²) in [5.74, 6) is 1.45. The first-order valence-corrected chi connectivity index (χ1v) is 9.20. The van der Waals surface area contributed by atoms with E-state index in [0.717, 1.165) is 29.7 Å². The quantitative estimate of drug-likeness (QED) is 0.558. The third-order valence-corrected chi connectivity index (χ3v) is 3.94. The summed E-state index contributed by atoms with van der Waals surface area (Å²) in [7, 11) is 0. The molecule has 0 unspecified atom stereocenters. The van der Waals surface area contributed by atoms with Gasteiger partial charge >= 0.3 is 0 Å². The van der Waals surface area contributed by atoms with Crippen LogP contribution in [0.15, 0.2) is 53.1 Å². The van der Waals surface area contributed by atoms with Crippen LogP contribution < -0.4 is 14.8 Å². The molecule has 0 aliphatic carbocycles. The van der Waals surface area contributed by atoms with Crippen molar-refractivity contribution in [3.05, 3.63) is 54.1 Å². The Bertz CT molecular complexity index is 889. The van der Waals surface area contributed by atoms with E-state index in [4.69, 9.17) is 14.0 Å². The van der Waals surface area contributed by atoms with Crippen LogP contribution in [0.5, 0.6) is 11.5 Å². The number of ether oxygens (including phenoxy) is 2. The number of benzene rings is 2. The van der Waals surface area contributed by atoms with Gasteiger partial charge in [0.2, 0.25) is 0 Å². The Labute approximate surface area is 163 Å². The van der Waals surface area contributed by atoms with Gasteiger partial charge < -0.3 is 14.0 Å². The average Bonchev–Trinajstić information content (AvgIpc) is 3.17. The zero-order valence-corrected chi connectivity index (χ0v) is 16.0. The second-order valence-corrected chi connectivity index (χ2v) is 6.30. The van der Waals surface area contributed by atoms with Crippen molar-refractivity contribution < 1.29 is 18.8 Å². The number of unbranched alkanes of at least 4 members (excludes halogenated alkanes) is 1. The minimum absolute atomic E-state index is 0.0933. The second kappa shape index (κ2) is 9.55. The molecule has 7 heteroatoms. The van der Waals surface area contributed by atoms with E-state index in [1.165, 1.54) is 0 Å². The summed E-state index contributed by atoms with van der Waals surface area (Å²) in [6, 6.07) is 14.8. The highest BCUT2D eigenvalue weighted by molar-refractivity contribution is 5.90. The van der Waals surface area contributed by atoms with Crippen LogP contribution >= 0.6 is 0 Å². The zero-order chi connectivity index (χ0) is 19.8. The van der Waals surface area contributed by atoms with Crippen molar-refractivity contribution in [3.63, 3.8) is 0 Å². The monoisotopic (exact) mass is 381 g/mol. The molecule has 2 aromatic carbocycles. The molecular weight excluding hydrogens is 358 g/mol. The summed E-state index contributed by atoms with van der Waals surface area (Å²) < 4.78 is 16.3. The molecule has 0 atom stereocenters. The highest BCUT2D eigenvalue weighted by atomic mass is 16.5. The molecule has 0 saturated heterocycles. The van der Waals surface area contributed by atoms with Crippen LogP contribution in [-0.2, 0) is 4.79 Å². The predicted octanol–water partition coefficient (Wildman–Crippen LogP) is 4.24. The highest BCUT2D eigenvalue weighted by Crippen LogP contribution is 2.22. The van der Waals surface area contributed by atoms with Gasteiger partial charge in [-0.3, -0.25) is 10.1 Å². The lowest BCUT2D eigenvalue weighted by atomic mass is 10.2. The molecule has 0 fully saturated rings. The molecule has 7 nitrogen and oxygen atoms in total. The van der Waals surface area contributed by atoms with Gasteiger partial charge in [-0.2, -0.15) is 4.98 Å². The Morgan fingerprint density at radius 3 is 2.43 bits per heavy atom. The molecule has 1 amide bonds. The molecule has 0 radical (unpaired) electrons. The zero-order valence-electron chi connectivity index (χ0n) is 16.0. The van der Waals surface area contributed by atoms with E-state index in [-0.39, 0.29) is 18.5 Å². The van der Waals surface area contributed by atoms with Gasteiger partial charge in [-0.25, -0.2) is 0 Å². The summed E-state index contributed by atoms with van der Waals surface area (Å²) in [5, 5.41) is 6.33. The fourth-order valence-corrected chi connectivity index (χ4v) is 2.36. The Kier molecular flexibility index (Phi) is 6.62. The minimum Gasteiger partial charge on any atom is -0.494 e. The van der Waals surface area contributed by atoms with Gasteiger partial charge in [0.25, 0.3) is 17.7 Å². The normalized spacial score (nSPS) is 10.5. The van der Waals surface area contributed by atoms with Crippen LogP contribution in [0.1, 0.15) is 25.3 Å². The standard InChI is InChI=1S/C21H23N3O4/c1-3-4-13-26-17-11-7-16(8-12-17)20-23-21(24-28-20)22-19(25)14-27-18-9-5-15(2)6-10-18/h5-12H,3-4,13-14H2,1-2H3,(H,22,24,25). The summed E-state index contributed by atoms with van der Waals surface area (Å²) in [5.41, 5.74) is 1.86. The fourth-order valence-electron chi connectivity index (χ4n) is 2.36. The van der Waals surface area contributed by atoms with Gasteiger partial charge in [0.1, 0.15) is 11.5 Å². The van der Waals surface area contributed by atoms with E-state index in [0.29, 0.717) is 18.2 Å². The third kappa shape index (κ3) is 5.57. The number of carbonyl (C=O) groups is 1. The lowest BCUT2D eigenvalue weighted by molar-refractivity contribution is -0.118. The fraction of sp³-hybridized carbons (Fsp3) is 0.286. The molecule has 3 aromatic rings. The molecule has 0 spiro atoms. The Hall–Kier alpha value is -3.35. The second-order valence-electron chi connectivity index (χ2n) is 6.30. The SMILES string of the molecule is CCCCOc1ccc(-c2nc(NC(=O)COc3ccc(C)cc3)no2)cc1. The van der Waals surface area contributed by atoms with Gasteiger partial charge in [0, 0.05) is 5.56 Å². The van der Waals surface area contributed by atoms with Gasteiger partial charge in [-0.05, 0) is 54.9 Å². The van der Waals surface area contributed by atoms with Gasteiger partial charge in [-0.15, -0.1) is 0 Å². The van der Waals surface area contributed by atoms with E-state index < -0.39 is 0 Å². The number of carbonyl (C=O) groups excluding carboxylic acids is 1. The first-order chi connectivity index (χ1) is 13.6. The summed E-state index contributed by atoms with van der Waals surface area (Å²) in [6.45, 7) is 4.65. The third-order valence-electron chi connectivity index (χ3n) is 3.94. The number of rotatable bonds is 9. The topological polar surface area (TPSA) is 86.5 Å². The average molecular weight is 381 g/mol. The van der Waals surface area contributed by atoms with Crippen molar-refractivity contribution in [2.45, 2.75) is 26.7 Å².